The van der Waals surface area contributed by atoms with Crippen LogP contribution >= 0.6 is 0 Å². The van der Waals surface area contributed by atoms with Gasteiger partial charge in [-0.15, -0.1) is 0 Å². The Morgan fingerprint density at radius 1 is 1.18 bits per heavy atom. The van der Waals surface area contributed by atoms with Gasteiger partial charge in [0, 0.05) is 17.1 Å². The number of nitrogens with one attached hydrogen (secondary N) is 2. The number of carbonyl (C=O) groups excluding carboxylic acids is 1. The summed E-state index contributed by atoms with van der Waals surface area (Å²) >= 11 is 0. The number of ether oxygens (including phenoxy) is 1. The molecule has 3 rings (SSSR count). The molecule has 0 atom stereocenters. The Hall–Kier alpha value is -2.75. The van der Waals surface area contributed by atoms with Crippen LogP contribution in [0.4, 0.5) is 5.69 Å². The van der Waals surface area contributed by atoms with Crippen molar-refractivity contribution >= 4 is 22.5 Å². The topological polar surface area (TPSA) is 54.1 Å². The van der Waals surface area contributed by atoms with E-state index < -0.39 is 0 Å². The van der Waals surface area contributed by atoms with Crippen molar-refractivity contribution in [2.24, 2.45) is 0 Å². The first-order valence-corrected chi connectivity index (χ1v) is 7.17. The van der Waals surface area contributed by atoms with Crippen molar-refractivity contribution in [3.63, 3.8) is 0 Å². The maximum Gasteiger partial charge on any atom is 0.228 e. The maximum absolute atomic E-state index is 12.3. The zero-order chi connectivity index (χ0) is 15.5. The van der Waals surface area contributed by atoms with Crippen LogP contribution < -0.4 is 10.1 Å². The Balaban J connectivity index is 1.80. The van der Waals surface area contributed by atoms with E-state index in [2.05, 4.69) is 23.3 Å². The molecule has 0 spiro atoms. The predicted octanol–water partition coefficient (Wildman–Crippen LogP) is 3.67. The number of aromatic nitrogens is 1. The lowest BCUT2D eigenvalue weighted by Crippen LogP contribution is -2.14. The van der Waals surface area contributed by atoms with E-state index in [1.807, 2.05) is 42.6 Å². The van der Waals surface area contributed by atoms with Crippen LogP contribution in [0.15, 0.2) is 48.7 Å². The van der Waals surface area contributed by atoms with Crippen molar-refractivity contribution in [3.8, 4) is 5.75 Å². The van der Waals surface area contributed by atoms with Crippen LogP contribution in [0.2, 0.25) is 0 Å². The number of hydrogen-bond donors (Lipinski definition) is 2. The second-order valence-corrected chi connectivity index (χ2v) is 5.24. The minimum Gasteiger partial charge on any atom is -0.495 e. The highest BCUT2D eigenvalue weighted by molar-refractivity contribution is 5.97. The fourth-order valence-corrected chi connectivity index (χ4v) is 2.63. The van der Waals surface area contributed by atoms with Crippen molar-refractivity contribution in [2.75, 3.05) is 12.4 Å². The zero-order valence-corrected chi connectivity index (χ0v) is 12.6. The summed E-state index contributed by atoms with van der Waals surface area (Å²) in [6.07, 6.45) is 2.22. The number of para-hydroxylation sites is 3. The first kappa shape index (κ1) is 14.2. The third-order valence-electron chi connectivity index (χ3n) is 3.74. The van der Waals surface area contributed by atoms with Gasteiger partial charge < -0.3 is 15.0 Å². The first-order chi connectivity index (χ1) is 10.7. The number of hydrogen-bond acceptors (Lipinski definition) is 2. The molecule has 22 heavy (non-hydrogen) atoms. The Labute approximate surface area is 129 Å². The summed E-state index contributed by atoms with van der Waals surface area (Å²) in [5.74, 6) is 0.595. The van der Waals surface area contributed by atoms with Gasteiger partial charge >= 0.3 is 0 Å². The molecule has 0 fully saturated rings. The fourth-order valence-electron chi connectivity index (χ4n) is 2.63. The molecule has 4 nitrogen and oxygen atoms in total. The number of benzene rings is 2. The monoisotopic (exact) mass is 294 g/mol. The molecule has 1 aromatic heterocycles. The lowest BCUT2D eigenvalue weighted by Gasteiger charge is -2.09. The average molecular weight is 294 g/mol. The molecule has 2 aromatic carbocycles. The third kappa shape index (κ3) is 2.68. The van der Waals surface area contributed by atoms with Gasteiger partial charge in [0.05, 0.1) is 19.2 Å². The number of carbonyl (C=O) groups is 1. The molecule has 0 aliphatic rings. The fraction of sp³-hybridized carbons (Fsp3) is 0.167. The summed E-state index contributed by atoms with van der Waals surface area (Å²) < 4.78 is 5.25. The first-order valence-electron chi connectivity index (χ1n) is 7.17. The number of aromatic amines is 1. The molecule has 0 saturated heterocycles. The molecule has 2 N–H and O–H groups in total. The summed E-state index contributed by atoms with van der Waals surface area (Å²) in [7, 11) is 1.59. The van der Waals surface area contributed by atoms with Gasteiger partial charge in [-0.2, -0.15) is 0 Å². The minimum absolute atomic E-state index is 0.0630. The van der Waals surface area contributed by atoms with Gasteiger partial charge in [0.15, 0.2) is 0 Å². The van der Waals surface area contributed by atoms with Gasteiger partial charge in [-0.25, -0.2) is 0 Å². The molecule has 0 aliphatic carbocycles. The molecular weight excluding hydrogens is 276 g/mol. The number of H-pyrrole nitrogens is 1. The summed E-state index contributed by atoms with van der Waals surface area (Å²) in [6.45, 7) is 2.05. The van der Waals surface area contributed by atoms with Gasteiger partial charge in [0.1, 0.15) is 5.75 Å². The smallest absolute Gasteiger partial charge is 0.228 e. The standard InChI is InChI=1S/C18H18N2O2/c1-12-6-5-7-14-13(11-19-18(12)14)10-17(21)20-15-8-3-4-9-16(15)22-2/h3-9,11,19H,10H2,1-2H3,(H,20,21). The lowest BCUT2D eigenvalue weighted by atomic mass is 10.1. The van der Waals surface area contributed by atoms with Gasteiger partial charge in [0.25, 0.3) is 0 Å². The highest BCUT2D eigenvalue weighted by atomic mass is 16.5. The molecule has 4 heteroatoms. The summed E-state index contributed by atoms with van der Waals surface area (Å²) in [5, 5.41) is 3.99. The molecule has 0 aliphatic heterocycles. The van der Waals surface area contributed by atoms with Crippen molar-refractivity contribution in [3.05, 3.63) is 59.8 Å². The maximum atomic E-state index is 12.3. The van der Waals surface area contributed by atoms with Gasteiger partial charge in [-0.05, 0) is 30.2 Å². The zero-order valence-electron chi connectivity index (χ0n) is 12.6. The van der Waals surface area contributed by atoms with E-state index >= 15 is 0 Å². The summed E-state index contributed by atoms with van der Waals surface area (Å²) in [6, 6.07) is 13.5. The van der Waals surface area contributed by atoms with Crippen LogP contribution in [-0.2, 0) is 11.2 Å². The molecule has 3 aromatic rings. The van der Waals surface area contributed by atoms with Crippen molar-refractivity contribution in [2.45, 2.75) is 13.3 Å². The van der Waals surface area contributed by atoms with Crippen molar-refractivity contribution in [1.82, 2.24) is 4.98 Å². The summed E-state index contributed by atoms with van der Waals surface area (Å²) in [4.78, 5) is 15.5. The molecule has 0 unspecified atom stereocenters. The quantitative estimate of drug-likeness (QED) is 0.771. The average Bonchev–Trinajstić information content (AvgIpc) is 2.92. The second-order valence-electron chi connectivity index (χ2n) is 5.24. The van der Waals surface area contributed by atoms with E-state index in [0.717, 1.165) is 16.5 Å². The minimum atomic E-state index is -0.0630. The number of anilines is 1. The van der Waals surface area contributed by atoms with E-state index in [1.54, 1.807) is 7.11 Å². The van der Waals surface area contributed by atoms with Crippen LogP contribution in [0, 0.1) is 6.92 Å². The summed E-state index contributed by atoms with van der Waals surface area (Å²) in [5.41, 5.74) is 3.94. The lowest BCUT2D eigenvalue weighted by molar-refractivity contribution is -0.115. The van der Waals surface area contributed by atoms with Crippen LogP contribution in [0.25, 0.3) is 10.9 Å². The van der Waals surface area contributed by atoms with E-state index in [-0.39, 0.29) is 5.91 Å². The van der Waals surface area contributed by atoms with Crippen LogP contribution in [0.5, 0.6) is 5.75 Å². The number of fused-ring (bicyclic) bond motifs is 1. The molecule has 0 saturated carbocycles. The SMILES string of the molecule is COc1ccccc1NC(=O)Cc1c[nH]c2c(C)cccc12. The van der Waals surface area contributed by atoms with Crippen LogP contribution in [-0.4, -0.2) is 18.0 Å². The third-order valence-corrected chi connectivity index (χ3v) is 3.74. The van der Waals surface area contributed by atoms with Crippen LogP contribution in [0.3, 0.4) is 0 Å². The molecule has 1 heterocycles. The highest BCUT2D eigenvalue weighted by Crippen LogP contribution is 2.25. The molecule has 0 bridgehead atoms. The second kappa shape index (κ2) is 5.93. The normalized spacial score (nSPS) is 10.6. The Kier molecular flexibility index (Phi) is 3.83. The van der Waals surface area contributed by atoms with E-state index in [9.17, 15) is 4.79 Å². The molecule has 112 valence electrons. The van der Waals surface area contributed by atoms with E-state index in [4.69, 9.17) is 4.74 Å². The Bertz CT molecular complexity index is 821. The number of methoxy groups -OCH3 is 1. The van der Waals surface area contributed by atoms with Crippen LogP contribution in [0.1, 0.15) is 11.1 Å². The molecular formula is C18H18N2O2. The molecule has 0 radical (unpaired) electrons. The Morgan fingerprint density at radius 2 is 2.00 bits per heavy atom. The number of rotatable bonds is 4. The van der Waals surface area contributed by atoms with Crippen molar-refractivity contribution < 1.29 is 9.53 Å². The van der Waals surface area contributed by atoms with Gasteiger partial charge in [-0.1, -0.05) is 30.3 Å². The molecule has 1 amide bonds. The van der Waals surface area contributed by atoms with Gasteiger partial charge in [0.2, 0.25) is 5.91 Å². The van der Waals surface area contributed by atoms with Crippen molar-refractivity contribution in [1.29, 1.82) is 0 Å². The predicted molar refractivity (Wildman–Crippen MR) is 88.4 cm³/mol. The highest BCUT2D eigenvalue weighted by Gasteiger charge is 2.11. The number of aryl methyl sites for hydroxylation is 1. The number of amides is 1. The van der Waals surface area contributed by atoms with Gasteiger partial charge in [-0.3, -0.25) is 4.79 Å². The van der Waals surface area contributed by atoms with E-state index in [0.29, 0.717) is 17.9 Å². The largest absolute Gasteiger partial charge is 0.495 e. The Morgan fingerprint density at radius 3 is 2.82 bits per heavy atom. The van der Waals surface area contributed by atoms with E-state index in [1.165, 1.54) is 5.56 Å².